The van der Waals surface area contributed by atoms with E-state index >= 15 is 0 Å². The van der Waals surface area contributed by atoms with Gasteiger partial charge in [-0.3, -0.25) is 4.68 Å². The van der Waals surface area contributed by atoms with E-state index in [9.17, 15) is 0 Å². The number of nitrogens with zero attached hydrogens (tertiary/aromatic N) is 2. The Morgan fingerprint density at radius 1 is 1.53 bits per heavy atom. The Bertz CT molecular complexity index is 321. The van der Waals surface area contributed by atoms with Crippen molar-refractivity contribution in [2.75, 3.05) is 0 Å². The molecule has 1 aromatic rings. The fraction of sp³-hybridized carbons (Fsp3) is 0.750. The van der Waals surface area contributed by atoms with Crippen LogP contribution in [0.2, 0.25) is 0 Å². The number of rotatable bonds is 2. The standard InChI is InChI=1S/C12H19ClN2/c1-3-9-4-5-10(13)8-11(9)12-6-7-14-15(12)2/h6-7,9-11H,3-5,8H2,1-2H3. The summed E-state index contributed by atoms with van der Waals surface area (Å²) in [5.74, 6) is 1.40. The first-order chi connectivity index (χ1) is 7.22. The number of hydrogen-bond acceptors (Lipinski definition) is 1. The van der Waals surface area contributed by atoms with Gasteiger partial charge in [-0.15, -0.1) is 11.6 Å². The van der Waals surface area contributed by atoms with Crippen LogP contribution >= 0.6 is 11.6 Å². The van der Waals surface area contributed by atoms with E-state index in [1.54, 1.807) is 0 Å². The summed E-state index contributed by atoms with van der Waals surface area (Å²) in [6.45, 7) is 2.28. The molecule has 1 aromatic heterocycles. The molecule has 0 spiro atoms. The molecule has 1 heterocycles. The summed E-state index contributed by atoms with van der Waals surface area (Å²) in [6, 6.07) is 2.14. The van der Waals surface area contributed by atoms with Gasteiger partial charge in [0.05, 0.1) is 0 Å². The molecule has 1 saturated carbocycles. The molecular formula is C12H19ClN2. The summed E-state index contributed by atoms with van der Waals surface area (Å²) in [5, 5.41) is 4.61. The lowest BCUT2D eigenvalue weighted by molar-refractivity contribution is 0.292. The van der Waals surface area contributed by atoms with E-state index in [-0.39, 0.29) is 0 Å². The molecule has 0 bridgehead atoms. The third-order valence-corrected chi connectivity index (χ3v) is 4.09. The average molecular weight is 227 g/mol. The van der Waals surface area contributed by atoms with Gasteiger partial charge in [-0.05, 0) is 31.2 Å². The van der Waals surface area contributed by atoms with Gasteiger partial charge in [0.15, 0.2) is 0 Å². The lowest BCUT2D eigenvalue weighted by Gasteiger charge is -2.33. The molecule has 15 heavy (non-hydrogen) atoms. The van der Waals surface area contributed by atoms with Gasteiger partial charge in [-0.25, -0.2) is 0 Å². The highest BCUT2D eigenvalue weighted by Gasteiger charge is 2.31. The Balaban J connectivity index is 2.20. The summed E-state index contributed by atoms with van der Waals surface area (Å²) < 4.78 is 2.00. The van der Waals surface area contributed by atoms with Crippen molar-refractivity contribution in [2.24, 2.45) is 13.0 Å². The van der Waals surface area contributed by atoms with Gasteiger partial charge in [0, 0.05) is 30.2 Å². The van der Waals surface area contributed by atoms with Crippen molar-refractivity contribution in [3.8, 4) is 0 Å². The highest BCUT2D eigenvalue weighted by atomic mass is 35.5. The molecule has 2 nitrogen and oxygen atoms in total. The lowest BCUT2D eigenvalue weighted by atomic mass is 9.76. The van der Waals surface area contributed by atoms with E-state index in [0.29, 0.717) is 11.3 Å². The molecule has 1 aliphatic carbocycles. The van der Waals surface area contributed by atoms with Crippen LogP contribution in [0.5, 0.6) is 0 Å². The zero-order valence-corrected chi connectivity index (χ0v) is 10.2. The Morgan fingerprint density at radius 2 is 2.33 bits per heavy atom. The van der Waals surface area contributed by atoms with E-state index < -0.39 is 0 Å². The van der Waals surface area contributed by atoms with E-state index in [2.05, 4.69) is 18.1 Å². The van der Waals surface area contributed by atoms with E-state index in [4.69, 9.17) is 11.6 Å². The molecule has 0 N–H and O–H groups in total. The van der Waals surface area contributed by atoms with Gasteiger partial charge >= 0.3 is 0 Å². The molecule has 3 heteroatoms. The number of aromatic nitrogens is 2. The number of halogens is 1. The Labute approximate surface area is 96.6 Å². The van der Waals surface area contributed by atoms with Crippen molar-refractivity contribution >= 4 is 11.6 Å². The summed E-state index contributed by atoms with van der Waals surface area (Å²) >= 11 is 6.27. The van der Waals surface area contributed by atoms with Crippen LogP contribution in [0.3, 0.4) is 0 Å². The van der Waals surface area contributed by atoms with Crippen LogP contribution in [0.4, 0.5) is 0 Å². The van der Waals surface area contributed by atoms with Crippen molar-refractivity contribution in [3.05, 3.63) is 18.0 Å². The Hall–Kier alpha value is -0.500. The van der Waals surface area contributed by atoms with Crippen molar-refractivity contribution in [2.45, 2.75) is 43.9 Å². The average Bonchev–Trinajstić information content (AvgIpc) is 2.64. The predicted octanol–water partition coefficient (Wildman–Crippen LogP) is 3.32. The SMILES string of the molecule is CCC1CCC(Cl)CC1c1ccnn1C. The first kappa shape index (κ1) is 11.0. The topological polar surface area (TPSA) is 17.8 Å². The van der Waals surface area contributed by atoms with Crippen molar-refractivity contribution in [1.29, 1.82) is 0 Å². The summed E-state index contributed by atoms with van der Waals surface area (Å²) in [4.78, 5) is 0. The smallest absolute Gasteiger partial charge is 0.0492 e. The summed E-state index contributed by atoms with van der Waals surface area (Å²) in [7, 11) is 2.03. The van der Waals surface area contributed by atoms with Crippen molar-refractivity contribution in [3.63, 3.8) is 0 Å². The molecule has 84 valence electrons. The highest BCUT2D eigenvalue weighted by molar-refractivity contribution is 6.20. The fourth-order valence-electron chi connectivity index (χ4n) is 2.78. The molecule has 1 fully saturated rings. The molecular weight excluding hydrogens is 208 g/mol. The maximum Gasteiger partial charge on any atom is 0.0492 e. The second kappa shape index (κ2) is 4.56. The largest absolute Gasteiger partial charge is 0.272 e. The lowest BCUT2D eigenvalue weighted by Crippen LogP contribution is -2.25. The van der Waals surface area contributed by atoms with E-state index in [1.165, 1.54) is 25.0 Å². The molecule has 0 aromatic carbocycles. The Kier molecular flexibility index (Phi) is 3.35. The molecule has 3 atom stereocenters. The molecule has 0 amide bonds. The third-order valence-electron chi connectivity index (χ3n) is 3.69. The van der Waals surface area contributed by atoms with Crippen LogP contribution in [0.15, 0.2) is 12.3 Å². The maximum atomic E-state index is 6.27. The Morgan fingerprint density at radius 3 is 2.93 bits per heavy atom. The maximum absolute atomic E-state index is 6.27. The second-order valence-electron chi connectivity index (χ2n) is 4.56. The summed E-state index contributed by atoms with van der Waals surface area (Å²) in [6.07, 6.45) is 6.69. The van der Waals surface area contributed by atoms with E-state index in [0.717, 1.165) is 12.3 Å². The minimum Gasteiger partial charge on any atom is -0.272 e. The van der Waals surface area contributed by atoms with Crippen LogP contribution in [0, 0.1) is 5.92 Å². The van der Waals surface area contributed by atoms with Crippen LogP contribution in [-0.4, -0.2) is 15.2 Å². The second-order valence-corrected chi connectivity index (χ2v) is 5.18. The quantitative estimate of drug-likeness (QED) is 0.708. The van der Waals surface area contributed by atoms with Crippen LogP contribution in [0.25, 0.3) is 0 Å². The van der Waals surface area contributed by atoms with Crippen molar-refractivity contribution < 1.29 is 0 Å². The molecule has 0 radical (unpaired) electrons. The van der Waals surface area contributed by atoms with Gasteiger partial charge in [-0.2, -0.15) is 5.10 Å². The monoisotopic (exact) mass is 226 g/mol. The van der Waals surface area contributed by atoms with Crippen LogP contribution < -0.4 is 0 Å². The zero-order chi connectivity index (χ0) is 10.8. The third kappa shape index (κ3) is 2.20. The number of hydrogen-bond donors (Lipinski definition) is 0. The summed E-state index contributed by atoms with van der Waals surface area (Å²) in [5.41, 5.74) is 1.35. The van der Waals surface area contributed by atoms with Gasteiger partial charge in [0.25, 0.3) is 0 Å². The van der Waals surface area contributed by atoms with Crippen LogP contribution in [-0.2, 0) is 7.05 Å². The highest BCUT2D eigenvalue weighted by Crippen LogP contribution is 2.40. The zero-order valence-electron chi connectivity index (χ0n) is 9.49. The number of aryl methyl sites for hydroxylation is 1. The fourth-order valence-corrected chi connectivity index (χ4v) is 3.10. The normalized spacial score (nSPS) is 31.8. The minimum absolute atomic E-state index is 0.354. The van der Waals surface area contributed by atoms with E-state index in [1.807, 2.05) is 17.9 Å². The molecule has 3 unspecified atom stereocenters. The molecule has 0 aliphatic heterocycles. The predicted molar refractivity (Wildman–Crippen MR) is 63.2 cm³/mol. The van der Waals surface area contributed by atoms with Gasteiger partial charge in [0.2, 0.25) is 0 Å². The first-order valence-corrected chi connectivity index (χ1v) is 6.28. The first-order valence-electron chi connectivity index (χ1n) is 5.84. The van der Waals surface area contributed by atoms with Gasteiger partial charge in [-0.1, -0.05) is 13.3 Å². The van der Waals surface area contributed by atoms with Crippen molar-refractivity contribution in [1.82, 2.24) is 9.78 Å². The molecule has 1 aliphatic rings. The molecule has 0 saturated heterocycles. The van der Waals surface area contributed by atoms with Gasteiger partial charge in [0.1, 0.15) is 0 Å². The minimum atomic E-state index is 0.354. The van der Waals surface area contributed by atoms with Gasteiger partial charge < -0.3 is 0 Å². The van der Waals surface area contributed by atoms with Crippen LogP contribution in [0.1, 0.15) is 44.2 Å². The molecule has 2 rings (SSSR count). The number of alkyl halides is 1.